The van der Waals surface area contributed by atoms with Crippen LogP contribution in [0.25, 0.3) is 0 Å². The van der Waals surface area contributed by atoms with E-state index in [-0.39, 0.29) is 0 Å². The van der Waals surface area contributed by atoms with E-state index in [2.05, 4.69) is 4.98 Å². The van der Waals surface area contributed by atoms with Crippen molar-refractivity contribution >= 4 is 17.2 Å². The molecule has 0 fully saturated rings. The highest BCUT2D eigenvalue weighted by Crippen LogP contribution is 2.33. The molecule has 0 atom stereocenters. The Morgan fingerprint density at radius 3 is 2.00 bits per heavy atom. The Morgan fingerprint density at radius 1 is 1.00 bits per heavy atom. The van der Waals surface area contributed by atoms with Crippen LogP contribution in [0, 0.1) is 30.3 Å². The molecule has 0 aromatic carbocycles. The summed E-state index contributed by atoms with van der Waals surface area (Å²) in [7, 11) is 0. The fourth-order valence-electron chi connectivity index (χ4n) is 0.889. The Kier molecular flexibility index (Phi) is 2.51. The van der Waals surface area contributed by atoms with E-state index >= 15 is 0 Å². The summed E-state index contributed by atoms with van der Waals surface area (Å²) >= 11 is 0. The minimum Gasteiger partial charge on any atom is -0.358 e. The zero-order chi connectivity index (χ0) is 11.6. The summed E-state index contributed by atoms with van der Waals surface area (Å²) in [6, 6.07) is 0.727. The van der Waals surface area contributed by atoms with Crippen LogP contribution in [-0.4, -0.2) is 19.8 Å². The molecule has 1 rings (SSSR count). The molecule has 0 saturated carbocycles. The van der Waals surface area contributed by atoms with E-state index in [4.69, 9.17) is 0 Å². The van der Waals surface area contributed by atoms with Gasteiger partial charge in [-0.05, 0) is 9.91 Å². The van der Waals surface area contributed by atoms with Gasteiger partial charge >= 0.3 is 17.2 Å². The molecule has 1 aromatic rings. The first-order valence-corrected chi connectivity index (χ1v) is 3.37. The summed E-state index contributed by atoms with van der Waals surface area (Å²) in [4.78, 5) is 30.7. The molecule has 1 heterocycles. The first-order valence-electron chi connectivity index (χ1n) is 3.37. The highest BCUT2D eigenvalue weighted by molar-refractivity contribution is 5.61. The van der Waals surface area contributed by atoms with Crippen LogP contribution < -0.4 is 0 Å². The lowest BCUT2D eigenvalue weighted by Gasteiger charge is -1.94. The van der Waals surface area contributed by atoms with E-state index in [0.29, 0.717) is 0 Å². The van der Waals surface area contributed by atoms with Crippen molar-refractivity contribution in [2.75, 3.05) is 0 Å². The van der Waals surface area contributed by atoms with Crippen LogP contribution in [0.1, 0.15) is 0 Å². The lowest BCUT2D eigenvalue weighted by Crippen LogP contribution is -2.02. The maximum absolute atomic E-state index is 10.4. The molecule has 10 nitrogen and oxygen atoms in total. The summed E-state index contributed by atoms with van der Waals surface area (Å²) in [6.07, 6.45) is 0.767. The van der Waals surface area contributed by atoms with Crippen LogP contribution >= 0.6 is 0 Å². The van der Waals surface area contributed by atoms with E-state index in [1.54, 1.807) is 0 Å². The molecule has 0 aliphatic rings. The topological polar surface area (TPSA) is 142 Å². The molecule has 15 heavy (non-hydrogen) atoms. The van der Waals surface area contributed by atoms with Gasteiger partial charge in [-0.3, -0.25) is 20.2 Å². The van der Waals surface area contributed by atoms with Crippen LogP contribution in [0.5, 0.6) is 0 Å². The van der Waals surface area contributed by atoms with E-state index in [1.165, 1.54) is 0 Å². The van der Waals surface area contributed by atoms with Crippen molar-refractivity contribution in [2.24, 2.45) is 0 Å². The lowest BCUT2D eigenvalue weighted by atomic mass is 10.3. The monoisotopic (exact) mass is 214 g/mol. The molecule has 0 unspecified atom stereocenters. The molecule has 0 bridgehead atoms. The minimum atomic E-state index is -1.22. The first-order chi connectivity index (χ1) is 6.95. The fourth-order valence-corrected chi connectivity index (χ4v) is 0.889. The Labute approximate surface area is 80.6 Å². The van der Waals surface area contributed by atoms with E-state index in [9.17, 15) is 30.3 Å². The van der Waals surface area contributed by atoms with Gasteiger partial charge in [0.05, 0.1) is 15.9 Å². The van der Waals surface area contributed by atoms with Gasteiger partial charge in [0.25, 0.3) is 0 Å². The van der Waals surface area contributed by atoms with Crippen molar-refractivity contribution in [3.63, 3.8) is 0 Å². The smallest absolute Gasteiger partial charge is 0.358 e. The first kappa shape index (κ1) is 10.4. The standard InChI is InChI=1S/C5H2N4O6/c10-7(11)3-1-2-6-5(9(14)15)4(3)8(12)13/h1-2H. The molecular formula is C5H2N4O6. The lowest BCUT2D eigenvalue weighted by molar-refractivity contribution is -0.443. The van der Waals surface area contributed by atoms with Gasteiger partial charge in [0.2, 0.25) is 0 Å². The number of nitrogens with zero attached hydrogens (tertiary/aromatic N) is 4. The molecule has 10 heteroatoms. The van der Waals surface area contributed by atoms with Gasteiger partial charge in [0, 0.05) is 0 Å². The number of rotatable bonds is 3. The molecule has 0 amide bonds. The third-order valence-electron chi connectivity index (χ3n) is 1.44. The Morgan fingerprint density at radius 2 is 1.60 bits per heavy atom. The molecular weight excluding hydrogens is 212 g/mol. The highest BCUT2D eigenvalue weighted by Gasteiger charge is 2.36. The van der Waals surface area contributed by atoms with Gasteiger partial charge in [-0.25, -0.2) is 0 Å². The predicted octanol–water partition coefficient (Wildman–Crippen LogP) is 0.806. The second-order valence-corrected chi connectivity index (χ2v) is 2.27. The maximum atomic E-state index is 10.4. The molecule has 0 spiro atoms. The van der Waals surface area contributed by atoms with Crippen molar-refractivity contribution in [1.29, 1.82) is 0 Å². The van der Waals surface area contributed by atoms with Crippen LogP contribution in [0.15, 0.2) is 12.3 Å². The Bertz CT molecular complexity index is 425. The summed E-state index contributed by atoms with van der Waals surface area (Å²) in [6.45, 7) is 0. The summed E-state index contributed by atoms with van der Waals surface area (Å²) in [5.74, 6) is -1.14. The van der Waals surface area contributed by atoms with Crippen LogP contribution in [0.4, 0.5) is 17.2 Å². The molecule has 1 aromatic heterocycles. The average Bonchev–Trinajstić information content (AvgIpc) is 2.16. The Balaban J connectivity index is 3.56. The van der Waals surface area contributed by atoms with Crippen molar-refractivity contribution in [3.8, 4) is 0 Å². The minimum absolute atomic E-state index is 0.727. The number of pyridine rings is 1. The normalized spacial score (nSPS) is 9.60. The SMILES string of the molecule is O=[N+]([O-])c1ccnc([N+](=O)[O-])c1[N+](=O)[O-]. The molecule has 78 valence electrons. The summed E-state index contributed by atoms with van der Waals surface area (Å²) in [5.41, 5.74) is -2.17. The summed E-state index contributed by atoms with van der Waals surface area (Å²) < 4.78 is 0. The van der Waals surface area contributed by atoms with E-state index in [1.807, 2.05) is 0 Å². The van der Waals surface area contributed by atoms with Gasteiger partial charge in [-0.1, -0.05) is 0 Å². The maximum Gasteiger partial charge on any atom is 0.450 e. The average molecular weight is 214 g/mol. The predicted molar refractivity (Wildman–Crippen MR) is 44.2 cm³/mol. The third kappa shape index (κ3) is 1.82. The molecule has 0 radical (unpaired) electrons. The molecule has 0 aliphatic heterocycles. The van der Waals surface area contributed by atoms with Gasteiger partial charge in [-0.15, -0.1) is 0 Å². The van der Waals surface area contributed by atoms with Gasteiger partial charge < -0.3 is 10.1 Å². The van der Waals surface area contributed by atoms with Crippen LogP contribution in [-0.2, 0) is 0 Å². The van der Waals surface area contributed by atoms with Crippen molar-refractivity contribution < 1.29 is 14.8 Å². The summed E-state index contributed by atoms with van der Waals surface area (Å²) in [5, 5.41) is 31.1. The highest BCUT2D eigenvalue weighted by atomic mass is 16.6. The molecule has 0 N–H and O–H groups in total. The number of hydrogen-bond donors (Lipinski definition) is 0. The van der Waals surface area contributed by atoms with Crippen LogP contribution in [0.2, 0.25) is 0 Å². The van der Waals surface area contributed by atoms with Crippen molar-refractivity contribution in [3.05, 3.63) is 42.6 Å². The van der Waals surface area contributed by atoms with Gasteiger partial charge in [-0.2, -0.15) is 0 Å². The molecule has 0 aliphatic carbocycles. The van der Waals surface area contributed by atoms with Crippen LogP contribution in [0.3, 0.4) is 0 Å². The quantitative estimate of drug-likeness (QED) is 0.534. The largest absolute Gasteiger partial charge is 0.450 e. The second-order valence-electron chi connectivity index (χ2n) is 2.27. The zero-order valence-electron chi connectivity index (χ0n) is 6.89. The second kappa shape index (κ2) is 3.61. The zero-order valence-corrected chi connectivity index (χ0v) is 6.89. The third-order valence-corrected chi connectivity index (χ3v) is 1.44. The van der Waals surface area contributed by atoms with Crippen molar-refractivity contribution in [2.45, 2.75) is 0 Å². The number of nitro groups is 3. The molecule has 0 saturated heterocycles. The fraction of sp³-hybridized carbons (Fsp3) is 0. The Hall–Kier alpha value is -2.65. The van der Waals surface area contributed by atoms with Gasteiger partial charge in [0.1, 0.15) is 6.20 Å². The van der Waals surface area contributed by atoms with Crippen molar-refractivity contribution in [1.82, 2.24) is 4.98 Å². The number of aromatic nitrogens is 1. The van der Waals surface area contributed by atoms with E-state index in [0.717, 1.165) is 12.3 Å². The van der Waals surface area contributed by atoms with Gasteiger partial charge in [0.15, 0.2) is 0 Å². The number of hydrogen-bond acceptors (Lipinski definition) is 7. The van der Waals surface area contributed by atoms with E-state index < -0.39 is 32.0 Å².